The van der Waals surface area contributed by atoms with Gasteiger partial charge in [-0.15, -0.1) is 0 Å². The van der Waals surface area contributed by atoms with Crippen molar-refractivity contribution in [3.8, 4) is 5.75 Å². The third kappa shape index (κ3) is 6.74. The molecule has 0 unspecified atom stereocenters. The molecule has 2 saturated heterocycles. The van der Waals surface area contributed by atoms with Crippen molar-refractivity contribution >= 4 is 11.8 Å². The van der Waals surface area contributed by atoms with Crippen LogP contribution in [0.4, 0.5) is 0 Å². The Kier molecular flexibility index (Phi) is 8.55. The Morgan fingerprint density at radius 1 is 1.23 bits per heavy atom. The van der Waals surface area contributed by atoms with Crippen molar-refractivity contribution < 1.29 is 14.6 Å². The molecular formula is C20H32N2O3S. The molecule has 0 aliphatic carbocycles. The first-order valence-electron chi connectivity index (χ1n) is 9.78. The number of hydrogen-bond acceptors (Lipinski definition) is 6. The van der Waals surface area contributed by atoms with Crippen LogP contribution in [0.2, 0.25) is 0 Å². The molecule has 0 aromatic heterocycles. The SMILES string of the molecule is O[C@H](COc1ccccc1CNCC1CCOCC1)CN1CCSCC1. The van der Waals surface area contributed by atoms with Gasteiger partial charge in [-0.3, -0.25) is 4.90 Å². The van der Waals surface area contributed by atoms with Gasteiger partial charge in [0.05, 0.1) is 0 Å². The number of ether oxygens (including phenoxy) is 2. The van der Waals surface area contributed by atoms with Crippen molar-refractivity contribution in [2.75, 3.05) is 57.5 Å². The Morgan fingerprint density at radius 2 is 2.00 bits per heavy atom. The zero-order valence-electron chi connectivity index (χ0n) is 15.6. The Morgan fingerprint density at radius 3 is 2.81 bits per heavy atom. The Bertz CT molecular complexity index is 520. The van der Waals surface area contributed by atoms with Crippen molar-refractivity contribution in [2.24, 2.45) is 5.92 Å². The lowest BCUT2D eigenvalue weighted by molar-refractivity contribution is 0.0660. The van der Waals surface area contributed by atoms with Gasteiger partial charge in [0.1, 0.15) is 18.5 Å². The predicted octanol–water partition coefficient (Wildman–Crippen LogP) is 1.99. The number of benzene rings is 1. The standard InChI is InChI=1S/C20H32N2O3S/c23-19(15-22-7-11-26-12-8-22)16-25-20-4-2-1-3-18(20)14-21-13-17-5-9-24-10-6-17/h1-4,17,19,21,23H,5-16H2/t19-/m0/s1. The highest BCUT2D eigenvalue weighted by Gasteiger charge is 2.16. The van der Waals surface area contributed by atoms with E-state index in [2.05, 4.69) is 16.3 Å². The molecule has 3 rings (SSSR count). The topological polar surface area (TPSA) is 54.0 Å². The molecule has 0 amide bonds. The van der Waals surface area contributed by atoms with Gasteiger partial charge in [-0.1, -0.05) is 18.2 Å². The molecular weight excluding hydrogens is 348 g/mol. The van der Waals surface area contributed by atoms with Crippen LogP contribution in [0.5, 0.6) is 5.75 Å². The summed E-state index contributed by atoms with van der Waals surface area (Å²) in [6.45, 7) is 6.77. The number of β-amino-alcohol motifs (C(OH)–C–C–N with tert-alkyl or cyclic N) is 1. The Hall–Kier alpha value is -0.790. The van der Waals surface area contributed by atoms with Crippen LogP contribution in [0.25, 0.3) is 0 Å². The van der Waals surface area contributed by atoms with E-state index in [4.69, 9.17) is 9.47 Å². The fourth-order valence-corrected chi connectivity index (χ4v) is 4.45. The third-order valence-corrected chi connectivity index (χ3v) is 6.01. The normalized spacial score (nSPS) is 20.8. The highest BCUT2D eigenvalue weighted by molar-refractivity contribution is 7.99. The molecule has 0 bridgehead atoms. The van der Waals surface area contributed by atoms with Gasteiger partial charge in [0, 0.05) is 56.5 Å². The van der Waals surface area contributed by atoms with Crippen molar-refractivity contribution in [1.82, 2.24) is 10.2 Å². The number of aliphatic hydroxyl groups excluding tert-OH is 1. The maximum Gasteiger partial charge on any atom is 0.123 e. The van der Waals surface area contributed by atoms with Crippen LogP contribution >= 0.6 is 11.8 Å². The van der Waals surface area contributed by atoms with Gasteiger partial charge in [-0.2, -0.15) is 11.8 Å². The maximum atomic E-state index is 10.3. The van der Waals surface area contributed by atoms with E-state index in [1.54, 1.807) is 0 Å². The molecule has 0 radical (unpaired) electrons. The van der Waals surface area contributed by atoms with Crippen LogP contribution in [0.15, 0.2) is 24.3 Å². The quantitative estimate of drug-likeness (QED) is 0.683. The second-order valence-corrected chi connectivity index (χ2v) is 8.40. The molecule has 26 heavy (non-hydrogen) atoms. The van der Waals surface area contributed by atoms with Crippen LogP contribution in [-0.4, -0.2) is 73.6 Å². The lowest BCUT2D eigenvalue weighted by Gasteiger charge is -2.28. The number of para-hydroxylation sites is 1. The largest absolute Gasteiger partial charge is 0.491 e. The minimum atomic E-state index is -0.443. The minimum Gasteiger partial charge on any atom is -0.491 e. The zero-order valence-corrected chi connectivity index (χ0v) is 16.4. The lowest BCUT2D eigenvalue weighted by atomic mass is 10.0. The van der Waals surface area contributed by atoms with Crippen LogP contribution in [-0.2, 0) is 11.3 Å². The van der Waals surface area contributed by atoms with Gasteiger partial charge in [0.25, 0.3) is 0 Å². The van der Waals surface area contributed by atoms with Crippen molar-refractivity contribution in [3.63, 3.8) is 0 Å². The minimum absolute atomic E-state index is 0.348. The van der Waals surface area contributed by atoms with Gasteiger partial charge in [0.15, 0.2) is 0 Å². The Balaban J connectivity index is 1.41. The summed E-state index contributed by atoms with van der Waals surface area (Å²) < 4.78 is 11.4. The fourth-order valence-electron chi connectivity index (χ4n) is 3.47. The molecule has 6 heteroatoms. The van der Waals surface area contributed by atoms with Crippen molar-refractivity contribution in [3.05, 3.63) is 29.8 Å². The first kappa shape index (κ1) is 20.0. The summed E-state index contributed by atoms with van der Waals surface area (Å²) >= 11 is 1.99. The number of nitrogens with one attached hydrogen (secondary N) is 1. The van der Waals surface area contributed by atoms with Gasteiger partial charge in [-0.05, 0) is 31.4 Å². The van der Waals surface area contributed by atoms with Gasteiger partial charge < -0.3 is 19.9 Å². The van der Waals surface area contributed by atoms with Crippen molar-refractivity contribution in [2.45, 2.75) is 25.5 Å². The summed E-state index contributed by atoms with van der Waals surface area (Å²) in [4.78, 5) is 2.33. The fraction of sp³-hybridized carbons (Fsp3) is 0.700. The van der Waals surface area contributed by atoms with E-state index in [9.17, 15) is 5.11 Å². The van der Waals surface area contributed by atoms with E-state index in [1.807, 2.05) is 30.0 Å². The first-order chi connectivity index (χ1) is 12.8. The van der Waals surface area contributed by atoms with Gasteiger partial charge in [0.2, 0.25) is 0 Å². The van der Waals surface area contributed by atoms with E-state index >= 15 is 0 Å². The van der Waals surface area contributed by atoms with Gasteiger partial charge in [-0.25, -0.2) is 0 Å². The number of thioether (sulfide) groups is 1. The molecule has 1 aromatic carbocycles. The van der Waals surface area contributed by atoms with Gasteiger partial charge >= 0.3 is 0 Å². The number of hydrogen-bond donors (Lipinski definition) is 2. The molecule has 5 nitrogen and oxygen atoms in total. The molecule has 2 fully saturated rings. The molecule has 2 aliphatic heterocycles. The number of aliphatic hydroxyl groups is 1. The van der Waals surface area contributed by atoms with Crippen LogP contribution < -0.4 is 10.1 Å². The van der Waals surface area contributed by atoms with Crippen LogP contribution in [0.3, 0.4) is 0 Å². The molecule has 0 spiro atoms. The first-order valence-corrected chi connectivity index (χ1v) is 10.9. The average Bonchev–Trinajstić information content (AvgIpc) is 2.69. The molecule has 146 valence electrons. The summed E-state index contributed by atoms with van der Waals surface area (Å²) in [5.41, 5.74) is 1.15. The molecule has 1 aromatic rings. The monoisotopic (exact) mass is 380 g/mol. The predicted molar refractivity (Wildman–Crippen MR) is 107 cm³/mol. The molecule has 1 atom stereocenters. The summed E-state index contributed by atoms with van der Waals surface area (Å²) in [7, 11) is 0. The van der Waals surface area contributed by atoms with E-state index < -0.39 is 6.10 Å². The zero-order chi connectivity index (χ0) is 18.0. The average molecular weight is 381 g/mol. The molecule has 2 heterocycles. The summed E-state index contributed by atoms with van der Waals surface area (Å²) in [6, 6.07) is 8.13. The number of nitrogens with zero attached hydrogens (tertiary/aromatic N) is 1. The third-order valence-electron chi connectivity index (χ3n) is 5.07. The van der Waals surface area contributed by atoms with E-state index in [1.165, 1.54) is 0 Å². The smallest absolute Gasteiger partial charge is 0.123 e. The van der Waals surface area contributed by atoms with Crippen molar-refractivity contribution in [1.29, 1.82) is 0 Å². The summed E-state index contributed by atoms with van der Waals surface area (Å²) in [6.07, 6.45) is 1.85. The second kappa shape index (κ2) is 11.1. The number of rotatable bonds is 9. The summed E-state index contributed by atoms with van der Waals surface area (Å²) in [5.74, 6) is 3.91. The van der Waals surface area contributed by atoms with E-state index in [0.717, 1.165) is 75.1 Å². The van der Waals surface area contributed by atoms with E-state index in [0.29, 0.717) is 19.1 Å². The summed E-state index contributed by atoms with van der Waals surface area (Å²) in [5, 5.41) is 13.9. The highest BCUT2D eigenvalue weighted by atomic mass is 32.2. The molecule has 2 aliphatic rings. The molecule has 0 saturated carbocycles. The molecule has 2 N–H and O–H groups in total. The second-order valence-electron chi connectivity index (χ2n) is 7.17. The van der Waals surface area contributed by atoms with E-state index in [-0.39, 0.29) is 0 Å². The lowest BCUT2D eigenvalue weighted by Crippen LogP contribution is -2.40. The van der Waals surface area contributed by atoms with Crippen LogP contribution in [0, 0.1) is 5.92 Å². The Labute approximate surface area is 161 Å². The van der Waals surface area contributed by atoms with Crippen LogP contribution in [0.1, 0.15) is 18.4 Å². The highest BCUT2D eigenvalue weighted by Crippen LogP contribution is 2.19. The maximum absolute atomic E-state index is 10.3.